The van der Waals surface area contributed by atoms with Crippen molar-refractivity contribution in [3.8, 4) is 0 Å². The smallest absolute Gasteiger partial charge is 0.170 e. The van der Waals surface area contributed by atoms with Crippen molar-refractivity contribution in [3.63, 3.8) is 0 Å². The molecule has 1 saturated heterocycles. The Morgan fingerprint density at radius 1 is 1.20 bits per heavy atom. The molecule has 1 aliphatic heterocycles. The molecule has 0 amide bonds. The second kappa shape index (κ2) is 7.47. The summed E-state index contributed by atoms with van der Waals surface area (Å²) in [5, 5.41) is 6.16. The topological polar surface area (TPSA) is 37.7 Å². The van der Waals surface area contributed by atoms with Gasteiger partial charge in [0.15, 0.2) is 5.11 Å². The van der Waals surface area contributed by atoms with Gasteiger partial charge in [0.1, 0.15) is 24.7 Å². The Kier molecular flexibility index (Phi) is 5.63. The summed E-state index contributed by atoms with van der Waals surface area (Å²) >= 11 is 5.09. The molecule has 2 rings (SSSR count). The van der Waals surface area contributed by atoms with E-state index in [0.717, 1.165) is 38.9 Å². The molecule has 1 aromatic rings. The van der Waals surface area contributed by atoms with E-state index in [-0.39, 0.29) is 0 Å². The molecule has 1 aromatic carbocycles. The van der Waals surface area contributed by atoms with Crippen LogP contribution in [0.4, 0.5) is 14.5 Å². The van der Waals surface area contributed by atoms with Gasteiger partial charge < -0.3 is 20.3 Å². The minimum absolute atomic E-state index is 0.304. The van der Waals surface area contributed by atoms with Gasteiger partial charge in [-0.1, -0.05) is 0 Å². The van der Waals surface area contributed by atoms with Gasteiger partial charge in [0, 0.05) is 11.8 Å². The average Bonchev–Trinajstić information content (AvgIpc) is 2.38. The van der Waals surface area contributed by atoms with Crippen LogP contribution >= 0.6 is 12.2 Å². The first-order valence-electron chi connectivity index (χ1n) is 6.56. The van der Waals surface area contributed by atoms with Crippen LogP contribution in [-0.4, -0.2) is 44.5 Å². The fraction of sp³-hybridized carbons (Fsp3) is 0.462. The van der Waals surface area contributed by atoms with E-state index in [1.165, 1.54) is 17.0 Å². The second-order valence-electron chi connectivity index (χ2n) is 4.65. The van der Waals surface area contributed by atoms with Crippen LogP contribution in [0.5, 0.6) is 0 Å². The molecule has 7 heteroatoms. The maximum atomic E-state index is 13.0. The zero-order valence-electron chi connectivity index (χ0n) is 11.0. The minimum atomic E-state index is -0.631. The van der Waals surface area contributed by atoms with Crippen molar-refractivity contribution in [2.75, 3.05) is 44.7 Å². The molecule has 110 valence electrons. The number of benzene rings is 1. The Balaban J connectivity index is 1.72. The number of anilines is 1. The van der Waals surface area contributed by atoms with Crippen molar-refractivity contribution in [3.05, 3.63) is 29.8 Å². The summed E-state index contributed by atoms with van der Waals surface area (Å²) in [5.41, 5.74) is 0.304. The van der Waals surface area contributed by atoms with E-state index < -0.39 is 11.6 Å². The van der Waals surface area contributed by atoms with Crippen LogP contribution in [0.25, 0.3) is 0 Å². The molecule has 1 fully saturated rings. The standard InChI is InChI=1S/C13H17F2N3OS/c14-10-7-11(15)9-12(8-10)17-13(20)16-1-2-18-3-5-19-6-4-18/h7-9H,1-6H2,(H2,16,17,20)/p+1. The number of halogens is 2. The number of morpholine rings is 1. The quantitative estimate of drug-likeness (QED) is 0.693. The van der Waals surface area contributed by atoms with Gasteiger partial charge in [-0.05, 0) is 24.4 Å². The van der Waals surface area contributed by atoms with E-state index in [2.05, 4.69) is 10.6 Å². The Morgan fingerprint density at radius 3 is 2.50 bits per heavy atom. The van der Waals surface area contributed by atoms with Crippen molar-refractivity contribution >= 4 is 23.0 Å². The molecule has 0 atom stereocenters. The summed E-state index contributed by atoms with van der Waals surface area (Å²) in [7, 11) is 0. The third-order valence-corrected chi connectivity index (χ3v) is 3.33. The highest BCUT2D eigenvalue weighted by molar-refractivity contribution is 7.80. The van der Waals surface area contributed by atoms with Gasteiger partial charge in [0.05, 0.1) is 26.3 Å². The van der Waals surface area contributed by atoms with E-state index in [1.807, 2.05) is 0 Å². The predicted molar refractivity (Wildman–Crippen MR) is 77.0 cm³/mol. The van der Waals surface area contributed by atoms with Gasteiger partial charge in [0.2, 0.25) is 0 Å². The summed E-state index contributed by atoms with van der Waals surface area (Å²) < 4.78 is 31.3. The lowest BCUT2D eigenvalue weighted by molar-refractivity contribution is -0.906. The molecule has 0 saturated carbocycles. The van der Waals surface area contributed by atoms with Gasteiger partial charge in [-0.3, -0.25) is 0 Å². The Labute approximate surface area is 122 Å². The van der Waals surface area contributed by atoms with Crippen LogP contribution in [-0.2, 0) is 4.74 Å². The van der Waals surface area contributed by atoms with Crippen LogP contribution in [0.1, 0.15) is 0 Å². The average molecular weight is 302 g/mol. The number of quaternary nitrogens is 1. The highest BCUT2D eigenvalue weighted by Gasteiger charge is 2.12. The van der Waals surface area contributed by atoms with Crippen LogP contribution in [0.3, 0.4) is 0 Å². The molecule has 0 spiro atoms. The molecular formula is C13H18F2N3OS+. The molecule has 1 heterocycles. The van der Waals surface area contributed by atoms with Crippen LogP contribution in [0.15, 0.2) is 18.2 Å². The first kappa shape index (κ1) is 15.1. The van der Waals surface area contributed by atoms with Crippen molar-refractivity contribution in [1.29, 1.82) is 0 Å². The summed E-state index contributed by atoms with van der Waals surface area (Å²) in [6.45, 7) is 5.22. The van der Waals surface area contributed by atoms with Gasteiger partial charge in [-0.2, -0.15) is 0 Å². The van der Waals surface area contributed by atoms with Gasteiger partial charge in [-0.25, -0.2) is 8.78 Å². The number of rotatable bonds is 4. The zero-order chi connectivity index (χ0) is 14.4. The third-order valence-electron chi connectivity index (χ3n) is 3.08. The number of thiocarbonyl (C=S) groups is 1. The molecule has 0 unspecified atom stereocenters. The van der Waals surface area contributed by atoms with Crippen molar-refractivity contribution in [2.24, 2.45) is 0 Å². The number of ether oxygens (including phenoxy) is 1. The van der Waals surface area contributed by atoms with Gasteiger partial charge in [-0.15, -0.1) is 0 Å². The molecule has 4 nitrogen and oxygen atoms in total. The summed E-state index contributed by atoms with van der Waals surface area (Å²) in [6, 6.07) is 3.22. The second-order valence-corrected chi connectivity index (χ2v) is 5.06. The lowest BCUT2D eigenvalue weighted by Gasteiger charge is -2.24. The summed E-state index contributed by atoms with van der Waals surface area (Å²) in [6.07, 6.45) is 0. The molecule has 0 aromatic heterocycles. The number of nitrogens with one attached hydrogen (secondary N) is 3. The Hall–Kier alpha value is -1.31. The van der Waals surface area contributed by atoms with Crippen LogP contribution in [0, 0.1) is 11.6 Å². The van der Waals surface area contributed by atoms with E-state index in [4.69, 9.17) is 17.0 Å². The molecule has 3 N–H and O–H groups in total. The van der Waals surface area contributed by atoms with Gasteiger partial charge >= 0.3 is 0 Å². The summed E-state index contributed by atoms with van der Waals surface area (Å²) in [5.74, 6) is -1.26. The zero-order valence-corrected chi connectivity index (χ0v) is 11.9. The van der Waals surface area contributed by atoms with Gasteiger partial charge in [0.25, 0.3) is 0 Å². The maximum absolute atomic E-state index is 13.0. The molecule has 1 aliphatic rings. The first-order valence-corrected chi connectivity index (χ1v) is 6.96. The van der Waals surface area contributed by atoms with Crippen molar-refractivity contribution < 1.29 is 18.4 Å². The summed E-state index contributed by atoms with van der Waals surface area (Å²) in [4.78, 5) is 1.46. The lowest BCUT2D eigenvalue weighted by Crippen LogP contribution is -3.14. The predicted octanol–water partition coefficient (Wildman–Crippen LogP) is 0.166. The monoisotopic (exact) mass is 302 g/mol. The fourth-order valence-electron chi connectivity index (χ4n) is 2.06. The van der Waals surface area contributed by atoms with E-state index >= 15 is 0 Å². The lowest BCUT2D eigenvalue weighted by atomic mass is 10.3. The molecule has 20 heavy (non-hydrogen) atoms. The highest BCUT2D eigenvalue weighted by atomic mass is 32.1. The number of hydrogen-bond acceptors (Lipinski definition) is 2. The molecule has 0 radical (unpaired) electrons. The SMILES string of the molecule is Fc1cc(F)cc(NC(=S)NCC[NH+]2CCOCC2)c1. The minimum Gasteiger partial charge on any atom is -0.370 e. The van der Waals surface area contributed by atoms with Crippen molar-refractivity contribution in [2.45, 2.75) is 0 Å². The molecule has 0 bridgehead atoms. The number of hydrogen-bond donors (Lipinski definition) is 3. The normalized spacial score (nSPS) is 15.9. The molecule has 0 aliphatic carbocycles. The first-order chi connectivity index (χ1) is 9.63. The third kappa shape index (κ3) is 4.99. The van der Waals surface area contributed by atoms with E-state index in [0.29, 0.717) is 17.3 Å². The van der Waals surface area contributed by atoms with Crippen LogP contribution in [0.2, 0.25) is 0 Å². The maximum Gasteiger partial charge on any atom is 0.170 e. The molecular weight excluding hydrogens is 284 g/mol. The van der Waals surface area contributed by atoms with Crippen LogP contribution < -0.4 is 15.5 Å². The van der Waals surface area contributed by atoms with Crippen molar-refractivity contribution in [1.82, 2.24) is 5.32 Å². The Morgan fingerprint density at radius 2 is 1.85 bits per heavy atom. The fourth-order valence-corrected chi connectivity index (χ4v) is 2.28. The highest BCUT2D eigenvalue weighted by Crippen LogP contribution is 2.12. The van der Waals surface area contributed by atoms with E-state index in [1.54, 1.807) is 0 Å². The van der Waals surface area contributed by atoms with E-state index in [9.17, 15) is 8.78 Å². The Bertz CT molecular complexity index is 447. The largest absolute Gasteiger partial charge is 0.370 e.